The molecule has 0 saturated heterocycles. The van der Waals surface area contributed by atoms with E-state index in [9.17, 15) is 13.2 Å². The van der Waals surface area contributed by atoms with E-state index in [1.807, 2.05) is 0 Å². The van der Waals surface area contributed by atoms with Crippen LogP contribution in [0.3, 0.4) is 0 Å². The van der Waals surface area contributed by atoms with Crippen molar-refractivity contribution in [2.45, 2.75) is 50.0 Å². The summed E-state index contributed by atoms with van der Waals surface area (Å²) in [5.74, 6) is 0.617. The fraction of sp³-hybridized carbons (Fsp3) is 0.562. The summed E-state index contributed by atoms with van der Waals surface area (Å²) in [6, 6.07) is 6.26. The Balaban J connectivity index is 1.76. The summed E-state index contributed by atoms with van der Waals surface area (Å²) in [5.41, 5.74) is 0. The van der Waals surface area contributed by atoms with Gasteiger partial charge in [-0.2, -0.15) is 0 Å². The minimum absolute atomic E-state index is 0.0732. The van der Waals surface area contributed by atoms with Gasteiger partial charge in [-0.3, -0.25) is 4.79 Å². The highest BCUT2D eigenvalue weighted by atomic mass is 35.5. The first-order valence-corrected chi connectivity index (χ1v) is 9.77. The maximum atomic E-state index is 12.1. The molecule has 0 radical (unpaired) electrons. The summed E-state index contributed by atoms with van der Waals surface area (Å²) < 4.78 is 26.6. The molecule has 1 aliphatic rings. The van der Waals surface area contributed by atoms with Crippen LogP contribution in [0.5, 0.6) is 0 Å². The van der Waals surface area contributed by atoms with Gasteiger partial charge in [-0.1, -0.05) is 24.6 Å². The lowest BCUT2D eigenvalue weighted by atomic mass is 9.87. The number of sulfonamides is 1. The molecular weight excluding hydrogens is 336 g/mol. The number of carbonyl (C=O) groups excluding carboxylic acids is 1. The Labute approximate surface area is 142 Å². The Bertz CT molecular complexity index is 640. The summed E-state index contributed by atoms with van der Waals surface area (Å²) in [5, 5.41) is 3.34. The van der Waals surface area contributed by atoms with E-state index in [1.54, 1.807) is 12.1 Å². The van der Waals surface area contributed by atoms with Crippen molar-refractivity contribution in [2.75, 3.05) is 6.54 Å². The van der Waals surface area contributed by atoms with Crippen LogP contribution in [0.15, 0.2) is 29.2 Å². The van der Waals surface area contributed by atoms with Gasteiger partial charge in [0.1, 0.15) is 0 Å². The lowest BCUT2D eigenvalue weighted by molar-refractivity contribution is -0.121. The molecule has 0 spiro atoms. The van der Waals surface area contributed by atoms with Gasteiger partial charge in [0.25, 0.3) is 0 Å². The van der Waals surface area contributed by atoms with Crippen molar-refractivity contribution in [3.63, 3.8) is 0 Å². The van der Waals surface area contributed by atoms with E-state index in [2.05, 4.69) is 17.0 Å². The van der Waals surface area contributed by atoms with Crippen molar-refractivity contribution in [3.8, 4) is 0 Å². The van der Waals surface area contributed by atoms with Crippen LogP contribution in [0.2, 0.25) is 5.02 Å². The van der Waals surface area contributed by atoms with Crippen LogP contribution in [0.4, 0.5) is 0 Å². The van der Waals surface area contributed by atoms with Crippen LogP contribution in [0.1, 0.15) is 39.0 Å². The summed E-state index contributed by atoms with van der Waals surface area (Å²) in [4.78, 5) is 12.0. The van der Waals surface area contributed by atoms with Gasteiger partial charge in [0.05, 0.1) is 4.90 Å². The Morgan fingerprint density at radius 3 is 2.61 bits per heavy atom. The molecule has 2 rings (SSSR count). The van der Waals surface area contributed by atoms with Gasteiger partial charge < -0.3 is 5.32 Å². The zero-order valence-electron chi connectivity index (χ0n) is 13.2. The molecule has 7 heteroatoms. The van der Waals surface area contributed by atoms with Gasteiger partial charge in [0, 0.05) is 24.0 Å². The van der Waals surface area contributed by atoms with Crippen molar-refractivity contribution < 1.29 is 13.2 Å². The normalized spacial score (nSPS) is 21.8. The van der Waals surface area contributed by atoms with Crippen LogP contribution in [0, 0.1) is 5.92 Å². The second-order valence-electron chi connectivity index (χ2n) is 6.13. The molecule has 1 aromatic carbocycles. The van der Waals surface area contributed by atoms with Gasteiger partial charge >= 0.3 is 0 Å². The summed E-state index contributed by atoms with van der Waals surface area (Å²) in [6.45, 7) is 2.30. The second-order valence-corrected chi connectivity index (χ2v) is 8.33. The van der Waals surface area contributed by atoms with E-state index < -0.39 is 10.0 Å². The van der Waals surface area contributed by atoms with Crippen molar-refractivity contribution >= 4 is 27.5 Å². The number of benzene rings is 1. The Morgan fingerprint density at radius 2 is 1.96 bits per heavy atom. The fourth-order valence-corrected chi connectivity index (χ4v) is 4.05. The molecule has 0 aliphatic heterocycles. The van der Waals surface area contributed by atoms with Crippen LogP contribution in [0.25, 0.3) is 0 Å². The van der Waals surface area contributed by atoms with E-state index in [1.165, 1.54) is 12.1 Å². The Morgan fingerprint density at radius 1 is 1.26 bits per heavy atom. The first-order chi connectivity index (χ1) is 10.9. The molecule has 23 heavy (non-hydrogen) atoms. The number of hydrogen-bond acceptors (Lipinski definition) is 3. The van der Waals surface area contributed by atoms with Crippen molar-refractivity contribution in [2.24, 2.45) is 5.92 Å². The van der Waals surface area contributed by atoms with Gasteiger partial charge in [0.2, 0.25) is 15.9 Å². The Hall–Kier alpha value is -1.11. The minimum Gasteiger partial charge on any atom is -0.353 e. The third-order valence-corrected chi connectivity index (χ3v) is 5.83. The van der Waals surface area contributed by atoms with Gasteiger partial charge in [0.15, 0.2) is 0 Å². The lowest BCUT2D eigenvalue weighted by Gasteiger charge is -2.26. The molecule has 0 unspecified atom stereocenters. The zero-order valence-corrected chi connectivity index (χ0v) is 14.8. The lowest BCUT2D eigenvalue weighted by Crippen LogP contribution is -2.39. The van der Waals surface area contributed by atoms with Crippen molar-refractivity contribution in [1.29, 1.82) is 0 Å². The summed E-state index contributed by atoms with van der Waals surface area (Å²) in [6.07, 6.45) is 4.40. The van der Waals surface area contributed by atoms with E-state index in [4.69, 9.17) is 11.6 Å². The zero-order chi connectivity index (χ0) is 16.9. The number of hydrogen-bond donors (Lipinski definition) is 2. The number of nitrogens with one attached hydrogen (secondary N) is 2. The molecule has 5 nitrogen and oxygen atoms in total. The minimum atomic E-state index is -3.63. The van der Waals surface area contributed by atoms with E-state index in [0.717, 1.165) is 31.6 Å². The average Bonchev–Trinajstić information content (AvgIpc) is 2.49. The van der Waals surface area contributed by atoms with Crippen LogP contribution < -0.4 is 10.0 Å². The number of carbonyl (C=O) groups is 1. The maximum absolute atomic E-state index is 12.1. The molecule has 0 atom stereocenters. The van der Waals surface area contributed by atoms with Gasteiger partial charge in [-0.05, 0) is 49.8 Å². The smallest absolute Gasteiger partial charge is 0.240 e. The quantitative estimate of drug-likeness (QED) is 0.821. The highest BCUT2D eigenvalue weighted by molar-refractivity contribution is 7.89. The maximum Gasteiger partial charge on any atom is 0.240 e. The molecule has 1 fully saturated rings. The first kappa shape index (κ1) is 18.2. The molecule has 1 saturated carbocycles. The number of rotatable bonds is 6. The molecular formula is C16H23ClN2O3S. The molecule has 0 aromatic heterocycles. The van der Waals surface area contributed by atoms with Crippen LogP contribution in [-0.2, 0) is 14.8 Å². The third kappa shape index (κ3) is 5.79. The summed E-state index contributed by atoms with van der Waals surface area (Å²) in [7, 11) is -3.63. The SMILES string of the molecule is CC1CCC(NC(=O)CCNS(=O)(=O)c2cccc(Cl)c2)CC1. The predicted octanol–water partition coefficient (Wildman–Crippen LogP) is 2.70. The third-order valence-electron chi connectivity index (χ3n) is 4.13. The van der Waals surface area contributed by atoms with Crippen LogP contribution in [-0.4, -0.2) is 26.9 Å². The van der Waals surface area contributed by atoms with E-state index in [-0.39, 0.29) is 29.8 Å². The first-order valence-electron chi connectivity index (χ1n) is 7.91. The van der Waals surface area contributed by atoms with Gasteiger partial charge in [-0.25, -0.2) is 13.1 Å². The highest BCUT2D eigenvalue weighted by Gasteiger charge is 2.20. The molecule has 1 aromatic rings. The Kier molecular flexibility index (Phi) is 6.44. The second kappa shape index (κ2) is 8.13. The number of amides is 1. The molecule has 1 amide bonds. The summed E-state index contributed by atoms with van der Waals surface area (Å²) >= 11 is 5.80. The van der Waals surface area contributed by atoms with E-state index >= 15 is 0 Å². The average molecular weight is 359 g/mol. The van der Waals surface area contributed by atoms with Crippen LogP contribution >= 0.6 is 11.6 Å². The monoisotopic (exact) mass is 358 g/mol. The fourth-order valence-electron chi connectivity index (χ4n) is 2.72. The molecule has 2 N–H and O–H groups in total. The van der Waals surface area contributed by atoms with Gasteiger partial charge in [-0.15, -0.1) is 0 Å². The topological polar surface area (TPSA) is 75.3 Å². The molecule has 128 valence electrons. The highest BCUT2D eigenvalue weighted by Crippen LogP contribution is 2.23. The number of halogens is 1. The molecule has 0 bridgehead atoms. The van der Waals surface area contributed by atoms with E-state index in [0.29, 0.717) is 5.02 Å². The van der Waals surface area contributed by atoms with Crippen molar-refractivity contribution in [3.05, 3.63) is 29.3 Å². The largest absolute Gasteiger partial charge is 0.353 e. The predicted molar refractivity (Wildman–Crippen MR) is 90.8 cm³/mol. The van der Waals surface area contributed by atoms with Crippen molar-refractivity contribution in [1.82, 2.24) is 10.0 Å². The molecule has 1 aliphatic carbocycles. The standard InChI is InChI=1S/C16H23ClN2O3S/c1-12-5-7-14(8-6-12)19-16(20)9-10-18-23(21,22)15-4-2-3-13(17)11-15/h2-4,11-12,14,18H,5-10H2,1H3,(H,19,20). The molecule has 0 heterocycles.